The van der Waals surface area contributed by atoms with Crippen molar-refractivity contribution in [3.63, 3.8) is 0 Å². The highest BCUT2D eigenvalue weighted by Crippen LogP contribution is 2.04. The van der Waals surface area contributed by atoms with Crippen LogP contribution in [0.1, 0.15) is 24.2 Å². The first-order valence-corrected chi connectivity index (χ1v) is 4.69. The van der Waals surface area contributed by atoms with Gasteiger partial charge in [0.15, 0.2) is 0 Å². The number of hydrogen-bond acceptors (Lipinski definition) is 4. The zero-order valence-corrected chi connectivity index (χ0v) is 9.27. The Morgan fingerprint density at radius 3 is 2.06 bits per heavy atom. The lowest BCUT2D eigenvalue weighted by Crippen LogP contribution is -1.95. The van der Waals surface area contributed by atoms with E-state index in [0.717, 1.165) is 0 Å². The summed E-state index contributed by atoms with van der Waals surface area (Å²) in [5.74, 6) is -1.14. The zero-order valence-electron chi connectivity index (χ0n) is 9.27. The van der Waals surface area contributed by atoms with Crippen LogP contribution in [0.5, 0.6) is 0 Å². The molecule has 0 aliphatic rings. The maximum atomic E-state index is 10.3. The van der Waals surface area contributed by atoms with E-state index in [1.54, 1.807) is 19.1 Å². The normalized spacial score (nSPS) is 8.62. The summed E-state index contributed by atoms with van der Waals surface area (Å²) in [5.41, 5.74) is 6.17. The molecule has 1 aromatic rings. The summed E-state index contributed by atoms with van der Waals surface area (Å²) in [6, 6.07) is 6.06. The highest BCUT2D eigenvalue weighted by atomic mass is 16.5. The molecule has 88 valence electrons. The lowest BCUT2D eigenvalue weighted by molar-refractivity contribution is -0.140. The van der Waals surface area contributed by atoms with E-state index in [0.29, 0.717) is 12.3 Å². The maximum Gasteiger partial charge on any atom is 0.335 e. The second-order valence-corrected chi connectivity index (χ2v) is 2.85. The Balaban J connectivity index is 0.000000325. The standard InChI is InChI=1S/C7H7NO2.C4H8O2/c8-6-3-1-5(2-4-6)7(9)10;1-3-6-4(2)5/h1-4H,8H2,(H,9,10);3H2,1-2H3. The van der Waals surface area contributed by atoms with Crippen molar-refractivity contribution in [1.29, 1.82) is 0 Å². The fourth-order valence-electron chi connectivity index (χ4n) is 0.829. The molecule has 0 bridgehead atoms. The third-order valence-corrected chi connectivity index (χ3v) is 1.51. The molecule has 0 fully saturated rings. The van der Waals surface area contributed by atoms with Gasteiger partial charge in [0.25, 0.3) is 0 Å². The molecule has 3 N–H and O–H groups in total. The molecule has 0 atom stereocenters. The minimum Gasteiger partial charge on any atom is -0.478 e. The second kappa shape index (κ2) is 7.28. The van der Waals surface area contributed by atoms with Crippen LogP contribution in [0, 0.1) is 0 Å². The van der Waals surface area contributed by atoms with Gasteiger partial charge in [0.2, 0.25) is 0 Å². The number of aromatic carboxylic acids is 1. The Kier molecular flexibility index (Phi) is 6.35. The Hall–Kier alpha value is -2.04. The summed E-state index contributed by atoms with van der Waals surface area (Å²) in [7, 11) is 0. The summed E-state index contributed by atoms with van der Waals surface area (Å²) < 4.78 is 4.40. The van der Waals surface area contributed by atoms with Crippen LogP contribution in [0.2, 0.25) is 0 Å². The Labute approximate surface area is 93.8 Å². The van der Waals surface area contributed by atoms with Gasteiger partial charge >= 0.3 is 11.9 Å². The highest BCUT2D eigenvalue weighted by molar-refractivity contribution is 5.87. The molecule has 0 heterocycles. The van der Waals surface area contributed by atoms with E-state index in [9.17, 15) is 9.59 Å². The summed E-state index contributed by atoms with van der Waals surface area (Å²) in [5, 5.41) is 8.43. The molecular formula is C11H15NO4. The summed E-state index contributed by atoms with van der Waals surface area (Å²) in [6.45, 7) is 3.65. The first-order chi connectivity index (χ1) is 7.47. The maximum absolute atomic E-state index is 10.3. The molecule has 5 nitrogen and oxygen atoms in total. The SMILES string of the molecule is CCOC(C)=O.Nc1ccc(C(=O)O)cc1. The molecule has 0 spiro atoms. The van der Waals surface area contributed by atoms with Crippen LogP contribution in [0.15, 0.2) is 24.3 Å². The number of hydrogen-bond donors (Lipinski definition) is 2. The zero-order chi connectivity index (χ0) is 12.6. The van der Waals surface area contributed by atoms with E-state index < -0.39 is 5.97 Å². The van der Waals surface area contributed by atoms with Gasteiger partial charge < -0.3 is 15.6 Å². The van der Waals surface area contributed by atoms with E-state index in [1.165, 1.54) is 19.1 Å². The van der Waals surface area contributed by atoms with Crippen LogP contribution in [0.4, 0.5) is 5.69 Å². The molecule has 0 saturated heterocycles. The fraction of sp³-hybridized carbons (Fsp3) is 0.273. The number of carboxylic acid groups (broad SMARTS) is 1. The lowest BCUT2D eigenvalue weighted by Gasteiger charge is -1.93. The Bertz CT molecular complexity index is 346. The number of carbonyl (C=O) groups excluding carboxylic acids is 1. The molecule has 0 radical (unpaired) electrons. The molecule has 16 heavy (non-hydrogen) atoms. The van der Waals surface area contributed by atoms with E-state index >= 15 is 0 Å². The molecule has 1 aromatic carbocycles. The topological polar surface area (TPSA) is 89.6 Å². The number of nitrogen functional groups attached to an aromatic ring is 1. The van der Waals surface area contributed by atoms with Crippen LogP contribution < -0.4 is 5.73 Å². The van der Waals surface area contributed by atoms with Gasteiger partial charge in [0.05, 0.1) is 12.2 Å². The van der Waals surface area contributed by atoms with E-state index in [2.05, 4.69) is 4.74 Å². The van der Waals surface area contributed by atoms with Crippen LogP contribution in [0.25, 0.3) is 0 Å². The third-order valence-electron chi connectivity index (χ3n) is 1.51. The van der Waals surface area contributed by atoms with Crippen molar-refractivity contribution >= 4 is 17.6 Å². The van der Waals surface area contributed by atoms with Crippen molar-refractivity contribution in [2.45, 2.75) is 13.8 Å². The van der Waals surface area contributed by atoms with Gasteiger partial charge in [-0.3, -0.25) is 4.79 Å². The first-order valence-electron chi connectivity index (χ1n) is 4.69. The number of carboxylic acids is 1. The van der Waals surface area contributed by atoms with E-state index in [1.807, 2.05) is 0 Å². The number of anilines is 1. The number of benzene rings is 1. The second-order valence-electron chi connectivity index (χ2n) is 2.85. The minimum atomic E-state index is -0.931. The molecule has 5 heteroatoms. The van der Waals surface area contributed by atoms with Gasteiger partial charge in [-0.05, 0) is 31.2 Å². The molecule has 0 aliphatic carbocycles. The molecule has 1 rings (SSSR count). The predicted molar refractivity (Wildman–Crippen MR) is 60.1 cm³/mol. The molecular weight excluding hydrogens is 210 g/mol. The van der Waals surface area contributed by atoms with Crippen molar-refractivity contribution in [1.82, 2.24) is 0 Å². The van der Waals surface area contributed by atoms with Gasteiger partial charge in [-0.25, -0.2) is 4.79 Å². The summed E-state index contributed by atoms with van der Waals surface area (Å²) in [6.07, 6.45) is 0. The number of nitrogens with two attached hydrogens (primary N) is 1. The largest absolute Gasteiger partial charge is 0.478 e. The molecule has 0 saturated carbocycles. The van der Waals surface area contributed by atoms with Gasteiger partial charge in [-0.2, -0.15) is 0 Å². The minimum absolute atomic E-state index is 0.211. The number of ether oxygens (including phenoxy) is 1. The van der Waals surface area contributed by atoms with Crippen LogP contribution in [-0.4, -0.2) is 23.7 Å². The average Bonchev–Trinajstić information content (AvgIpc) is 2.19. The first kappa shape index (κ1) is 14.0. The Morgan fingerprint density at radius 1 is 1.31 bits per heavy atom. The quantitative estimate of drug-likeness (QED) is 0.588. The molecule has 0 amide bonds. The van der Waals surface area contributed by atoms with Crippen molar-refractivity contribution in [2.24, 2.45) is 0 Å². The van der Waals surface area contributed by atoms with Gasteiger partial charge in [0, 0.05) is 12.6 Å². The number of rotatable bonds is 2. The van der Waals surface area contributed by atoms with Crippen molar-refractivity contribution in [3.8, 4) is 0 Å². The highest BCUT2D eigenvalue weighted by Gasteiger charge is 1.98. The third kappa shape index (κ3) is 6.42. The molecule has 0 unspecified atom stereocenters. The van der Waals surface area contributed by atoms with Gasteiger partial charge in [0.1, 0.15) is 0 Å². The van der Waals surface area contributed by atoms with Crippen LogP contribution >= 0.6 is 0 Å². The predicted octanol–water partition coefficient (Wildman–Crippen LogP) is 1.54. The van der Waals surface area contributed by atoms with Crippen molar-refractivity contribution < 1.29 is 19.4 Å². The monoisotopic (exact) mass is 225 g/mol. The smallest absolute Gasteiger partial charge is 0.335 e. The number of esters is 1. The fourth-order valence-corrected chi connectivity index (χ4v) is 0.829. The van der Waals surface area contributed by atoms with Gasteiger partial charge in [-0.1, -0.05) is 0 Å². The molecule has 0 aromatic heterocycles. The van der Waals surface area contributed by atoms with Crippen LogP contribution in [-0.2, 0) is 9.53 Å². The lowest BCUT2D eigenvalue weighted by atomic mass is 10.2. The summed E-state index contributed by atoms with van der Waals surface area (Å²) in [4.78, 5) is 20.1. The van der Waals surface area contributed by atoms with Crippen LogP contribution in [0.3, 0.4) is 0 Å². The Morgan fingerprint density at radius 2 is 1.81 bits per heavy atom. The van der Waals surface area contributed by atoms with Crippen molar-refractivity contribution in [3.05, 3.63) is 29.8 Å². The number of carbonyl (C=O) groups is 2. The van der Waals surface area contributed by atoms with E-state index in [-0.39, 0.29) is 11.5 Å². The van der Waals surface area contributed by atoms with E-state index in [4.69, 9.17) is 10.8 Å². The van der Waals surface area contributed by atoms with Gasteiger partial charge in [-0.15, -0.1) is 0 Å². The molecule has 0 aliphatic heterocycles. The van der Waals surface area contributed by atoms with Crippen molar-refractivity contribution in [2.75, 3.05) is 12.3 Å². The summed E-state index contributed by atoms with van der Waals surface area (Å²) >= 11 is 0. The average molecular weight is 225 g/mol.